The Labute approximate surface area is 104 Å². The molecule has 0 aromatic carbocycles. The first-order chi connectivity index (χ1) is 8.22. The van der Waals surface area contributed by atoms with E-state index in [1.807, 2.05) is 0 Å². The van der Waals surface area contributed by atoms with Gasteiger partial charge in [-0.05, 0) is 31.7 Å². The van der Waals surface area contributed by atoms with Crippen LogP contribution < -0.4 is 11.1 Å². The first kappa shape index (κ1) is 12.8. The van der Waals surface area contributed by atoms with Gasteiger partial charge in [-0.2, -0.15) is 0 Å². The highest BCUT2D eigenvalue weighted by atomic mass is 16.1. The first-order valence-electron chi connectivity index (χ1n) is 6.96. The fourth-order valence-electron chi connectivity index (χ4n) is 3.14. The molecule has 0 aromatic heterocycles. The zero-order valence-corrected chi connectivity index (χ0v) is 10.8. The van der Waals surface area contributed by atoms with Gasteiger partial charge in [-0.25, -0.2) is 0 Å². The van der Waals surface area contributed by atoms with Crippen LogP contribution in [0, 0.1) is 5.92 Å². The minimum absolute atomic E-state index is 0.211. The number of hydrogen-bond donors (Lipinski definition) is 2. The number of hydrogen-bond acceptors (Lipinski definition) is 3. The van der Waals surface area contributed by atoms with E-state index in [0.29, 0.717) is 18.5 Å². The second-order valence-electron chi connectivity index (χ2n) is 5.49. The third kappa shape index (κ3) is 3.19. The van der Waals surface area contributed by atoms with Crippen molar-refractivity contribution in [1.82, 2.24) is 10.2 Å². The normalized spacial score (nSPS) is 34.9. The van der Waals surface area contributed by atoms with E-state index in [-0.39, 0.29) is 5.91 Å². The van der Waals surface area contributed by atoms with Crippen molar-refractivity contribution in [2.45, 2.75) is 51.1 Å². The molecule has 3 N–H and O–H groups in total. The van der Waals surface area contributed by atoms with E-state index in [1.54, 1.807) is 0 Å². The summed E-state index contributed by atoms with van der Waals surface area (Å²) in [5, 5.41) is 3.05. The van der Waals surface area contributed by atoms with Crippen molar-refractivity contribution in [1.29, 1.82) is 0 Å². The van der Waals surface area contributed by atoms with Crippen LogP contribution in [-0.4, -0.2) is 42.5 Å². The quantitative estimate of drug-likeness (QED) is 0.760. The molecule has 17 heavy (non-hydrogen) atoms. The van der Waals surface area contributed by atoms with E-state index in [1.165, 1.54) is 19.3 Å². The maximum atomic E-state index is 11.2. The van der Waals surface area contributed by atoms with Crippen LogP contribution in [-0.2, 0) is 4.79 Å². The van der Waals surface area contributed by atoms with Crippen LogP contribution in [0.25, 0.3) is 0 Å². The lowest BCUT2D eigenvalue weighted by Crippen LogP contribution is -2.50. The molecule has 98 valence electrons. The smallest absolute Gasteiger partial charge is 0.220 e. The third-order valence-electron chi connectivity index (χ3n) is 4.34. The monoisotopic (exact) mass is 239 g/mol. The number of carbonyl (C=O) groups excluding carboxylic acids is 1. The average molecular weight is 239 g/mol. The number of nitrogens with zero attached hydrogens (tertiary/aromatic N) is 1. The lowest BCUT2D eigenvalue weighted by atomic mass is 9.88. The lowest BCUT2D eigenvalue weighted by molar-refractivity contribution is -0.119. The van der Waals surface area contributed by atoms with Crippen LogP contribution in [0.1, 0.15) is 39.0 Å². The Morgan fingerprint density at radius 3 is 2.88 bits per heavy atom. The Morgan fingerprint density at radius 1 is 1.47 bits per heavy atom. The highest BCUT2D eigenvalue weighted by molar-refractivity contribution is 5.78. The molecule has 4 nitrogen and oxygen atoms in total. The highest BCUT2D eigenvalue weighted by Crippen LogP contribution is 2.25. The van der Waals surface area contributed by atoms with Crippen molar-refractivity contribution in [2.75, 3.05) is 19.6 Å². The molecule has 2 heterocycles. The zero-order chi connectivity index (χ0) is 12.3. The van der Waals surface area contributed by atoms with Crippen LogP contribution in [0.2, 0.25) is 0 Å². The van der Waals surface area contributed by atoms with E-state index < -0.39 is 0 Å². The molecule has 2 aliphatic rings. The maximum Gasteiger partial charge on any atom is 0.220 e. The van der Waals surface area contributed by atoms with E-state index >= 15 is 0 Å². The Kier molecular flexibility index (Phi) is 4.40. The summed E-state index contributed by atoms with van der Waals surface area (Å²) >= 11 is 0. The van der Waals surface area contributed by atoms with Gasteiger partial charge in [-0.1, -0.05) is 13.3 Å². The third-order valence-corrected chi connectivity index (χ3v) is 4.34. The molecule has 0 saturated carbocycles. The summed E-state index contributed by atoms with van der Waals surface area (Å²) in [4.78, 5) is 13.7. The fourth-order valence-corrected chi connectivity index (χ4v) is 3.14. The first-order valence-corrected chi connectivity index (χ1v) is 6.96. The molecular formula is C13H25N3O. The van der Waals surface area contributed by atoms with E-state index in [9.17, 15) is 4.79 Å². The predicted octanol–water partition coefficient (Wildman–Crippen LogP) is 0.714. The topological polar surface area (TPSA) is 58.4 Å². The van der Waals surface area contributed by atoms with Gasteiger partial charge in [0.25, 0.3) is 0 Å². The molecule has 3 unspecified atom stereocenters. The number of likely N-dealkylation sites (tertiary alicyclic amines) is 1. The summed E-state index contributed by atoms with van der Waals surface area (Å²) in [6.45, 7) is 5.15. The van der Waals surface area contributed by atoms with E-state index in [2.05, 4.69) is 17.1 Å². The van der Waals surface area contributed by atoms with Crippen molar-refractivity contribution in [2.24, 2.45) is 11.7 Å². The molecule has 4 heteroatoms. The van der Waals surface area contributed by atoms with Gasteiger partial charge in [-0.15, -0.1) is 0 Å². The minimum atomic E-state index is 0.211. The highest BCUT2D eigenvalue weighted by Gasteiger charge is 2.30. The summed E-state index contributed by atoms with van der Waals surface area (Å²) in [5.74, 6) is 1.06. The minimum Gasteiger partial charge on any atom is -0.352 e. The summed E-state index contributed by atoms with van der Waals surface area (Å²) in [7, 11) is 0. The van der Waals surface area contributed by atoms with Crippen LogP contribution in [0.15, 0.2) is 0 Å². The molecule has 0 radical (unpaired) electrons. The van der Waals surface area contributed by atoms with Crippen molar-refractivity contribution in [3.05, 3.63) is 0 Å². The fraction of sp³-hybridized carbons (Fsp3) is 0.923. The number of amides is 1. The number of nitrogens with one attached hydrogen (secondary N) is 1. The van der Waals surface area contributed by atoms with Gasteiger partial charge in [0.1, 0.15) is 0 Å². The van der Waals surface area contributed by atoms with Gasteiger partial charge in [-0.3, -0.25) is 9.69 Å². The summed E-state index contributed by atoms with van der Waals surface area (Å²) in [5.41, 5.74) is 5.88. The molecule has 0 bridgehead atoms. The van der Waals surface area contributed by atoms with Gasteiger partial charge >= 0.3 is 0 Å². The summed E-state index contributed by atoms with van der Waals surface area (Å²) in [6, 6.07) is 0.876. The number of rotatable bonds is 4. The summed E-state index contributed by atoms with van der Waals surface area (Å²) in [6.07, 6.45) is 5.47. The lowest BCUT2D eigenvalue weighted by Gasteiger charge is -2.40. The number of piperidine rings is 1. The Morgan fingerprint density at radius 2 is 2.29 bits per heavy atom. The average Bonchev–Trinajstić information content (AvgIpc) is 2.75. The molecule has 0 aliphatic carbocycles. The van der Waals surface area contributed by atoms with Crippen LogP contribution in [0.4, 0.5) is 0 Å². The number of carbonyl (C=O) groups is 1. The number of nitrogens with two attached hydrogens (primary N) is 1. The van der Waals surface area contributed by atoms with Crippen molar-refractivity contribution >= 4 is 5.91 Å². The van der Waals surface area contributed by atoms with E-state index in [0.717, 1.165) is 32.0 Å². The van der Waals surface area contributed by atoms with Crippen molar-refractivity contribution in [3.63, 3.8) is 0 Å². The molecule has 2 aliphatic heterocycles. The van der Waals surface area contributed by atoms with Gasteiger partial charge < -0.3 is 11.1 Å². The molecule has 1 amide bonds. The van der Waals surface area contributed by atoms with Crippen LogP contribution in [0.5, 0.6) is 0 Å². The molecule has 2 fully saturated rings. The molecule has 0 aromatic rings. The van der Waals surface area contributed by atoms with Crippen molar-refractivity contribution in [3.8, 4) is 0 Å². The summed E-state index contributed by atoms with van der Waals surface area (Å²) < 4.78 is 0. The second-order valence-corrected chi connectivity index (χ2v) is 5.49. The van der Waals surface area contributed by atoms with Gasteiger partial charge in [0.05, 0.1) is 0 Å². The second kappa shape index (κ2) is 5.83. The van der Waals surface area contributed by atoms with Gasteiger partial charge in [0.2, 0.25) is 5.91 Å². The Hall–Kier alpha value is -0.610. The Bertz CT molecular complexity index is 269. The zero-order valence-electron chi connectivity index (χ0n) is 10.8. The van der Waals surface area contributed by atoms with E-state index in [4.69, 9.17) is 5.73 Å². The van der Waals surface area contributed by atoms with Gasteiger partial charge in [0, 0.05) is 31.6 Å². The molecule has 2 saturated heterocycles. The maximum absolute atomic E-state index is 11.2. The van der Waals surface area contributed by atoms with Crippen LogP contribution in [0.3, 0.4) is 0 Å². The SMILES string of the molecule is CCC1CCN(CC2CCC(=O)N2)C(CN)C1. The predicted molar refractivity (Wildman–Crippen MR) is 68.6 cm³/mol. The standard InChI is InChI=1S/C13H25N3O/c1-2-10-5-6-16(12(7-10)8-14)9-11-3-4-13(17)15-11/h10-12H,2-9,14H2,1H3,(H,15,17). The molecule has 2 rings (SSSR count). The van der Waals surface area contributed by atoms with Crippen molar-refractivity contribution < 1.29 is 4.79 Å². The molecule has 3 atom stereocenters. The largest absolute Gasteiger partial charge is 0.352 e. The van der Waals surface area contributed by atoms with Gasteiger partial charge in [0.15, 0.2) is 0 Å². The van der Waals surface area contributed by atoms with Crippen LogP contribution >= 0.6 is 0 Å². The molecule has 0 spiro atoms. The molecular weight excluding hydrogens is 214 g/mol. The Balaban J connectivity index is 1.85.